The second-order valence-electron chi connectivity index (χ2n) is 5.70. The maximum absolute atomic E-state index is 11.1. The quantitative estimate of drug-likeness (QED) is 0.427. The highest BCUT2D eigenvalue weighted by Crippen LogP contribution is 2.07. The number of primary amides is 1. The number of benzene rings is 1. The van der Waals surface area contributed by atoms with Crippen LogP contribution in [0.2, 0.25) is 0 Å². The number of amides is 1. The highest BCUT2D eigenvalue weighted by molar-refractivity contribution is 5.73. The van der Waals surface area contributed by atoms with E-state index in [1.54, 1.807) is 0 Å². The number of nitrogens with two attached hydrogens (primary N) is 1. The minimum absolute atomic E-state index is 0.207. The lowest BCUT2D eigenvalue weighted by atomic mass is 10.1. The smallest absolute Gasteiger partial charge is 0.305 e. The molecule has 0 aliphatic heterocycles. The number of aryl methyl sites for hydroxylation is 1. The van der Waals surface area contributed by atoms with Crippen molar-refractivity contribution in [3.05, 3.63) is 35.4 Å². The number of carbonyl (C=O) groups is 2. The van der Waals surface area contributed by atoms with Crippen LogP contribution in [0.1, 0.15) is 37.3 Å². The van der Waals surface area contributed by atoms with Gasteiger partial charge in [0.15, 0.2) is 0 Å². The molecule has 0 spiro atoms. The molecule has 0 bridgehead atoms. The molecule has 1 aromatic rings. The fraction of sp³-hybridized carbons (Fsp3) is 0.474. The van der Waals surface area contributed by atoms with E-state index in [4.69, 9.17) is 10.5 Å². The predicted octanol–water partition coefficient (Wildman–Crippen LogP) is 2.06. The van der Waals surface area contributed by atoms with E-state index in [9.17, 15) is 9.59 Å². The summed E-state index contributed by atoms with van der Waals surface area (Å²) in [7, 11) is 1.39. The third kappa shape index (κ3) is 8.96. The molecule has 0 saturated heterocycles. The van der Waals surface area contributed by atoms with Crippen molar-refractivity contribution in [1.29, 1.82) is 0 Å². The molecule has 0 saturated carbocycles. The fourth-order valence-corrected chi connectivity index (χ4v) is 2.02. The number of hydrogen-bond donors (Lipinski definition) is 1. The Hall–Kier alpha value is -2.32. The maximum Gasteiger partial charge on any atom is 0.305 e. The minimum atomic E-state index is -0.281. The summed E-state index contributed by atoms with van der Waals surface area (Å²) in [5.41, 5.74) is 7.09. The summed E-state index contributed by atoms with van der Waals surface area (Å²) in [5.74, 6) is 5.79. The van der Waals surface area contributed by atoms with Gasteiger partial charge in [-0.05, 0) is 36.5 Å². The monoisotopic (exact) mass is 331 g/mol. The molecule has 24 heavy (non-hydrogen) atoms. The molecule has 0 aliphatic carbocycles. The fourth-order valence-electron chi connectivity index (χ4n) is 2.02. The van der Waals surface area contributed by atoms with Crippen molar-refractivity contribution in [3.63, 3.8) is 0 Å². The Morgan fingerprint density at radius 2 is 1.92 bits per heavy atom. The molecule has 0 radical (unpaired) electrons. The number of hydrogen-bond acceptors (Lipinski definition) is 4. The first kappa shape index (κ1) is 19.7. The lowest BCUT2D eigenvalue weighted by Gasteiger charge is -2.08. The second-order valence-corrected chi connectivity index (χ2v) is 5.70. The lowest BCUT2D eigenvalue weighted by molar-refractivity contribution is -0.140. The molecule has 1 rings (SSSR count). The summed E-state index contributed by atoms with van der Waals surface area (Å²) in [6.07, 6.45) is 2.16. The zero-order chi connectivity index (χ0) is 17.8. The van der Waals surface area contributed by atoms with Crippen LogP contribution in [0, 0.1) is 17.8 Å². The van der Waals surface area contributed by atoms with Gasteiger partial charge in [0.2, 0.25) is 5.91 Å². The molecular formula is C19H25NO4. The maximum atomic E-state index is 11.1. The topological polar surface area (TPSA) is 78.6 Å². The van der Waals surface area contributed by atoms with E-state index in [1.165, 1.54) is 7.11 Å². The van der Waals surface area contributed by atoms with Gasteiger partial charge in [0.25, 0.3) is 0 Å². The van der Waals surface area contributed by atoms with Crippen LogP contribution in [0.4, 0.5) is 0 Å². The van der Waals surface area contributed by atoms with Gasteiger partial charge in [0, 0.05) is 18.4 Å². The Morgan fingerprint density at radius 3 is 2.54 bits per heavy atom. The summed E-state index contributed by atoms with van der Waals surface area (Å²) in [5, 5.41) is 0. The first-order valence-electron chi connectivity index (χ1n) is 8.02. The molecule has 5 heteroatoms. The van der Waals surface area contributed by atoms with E-state index in [-0.39, 0.29) is 17.8 Å². The van der Waals surface area contributed by atoms with Crippen molar-refractivity contribution in [2.75, 3.05) is 20.3 Å². The molecule has 1 amide bonds. The number of esters is 1. The highest BCUT2D eigenvalue weighted by Gasteiger charge is 2.04. The van der Waals surface area contributed by atoms with Crippen LogP contribution in [0.3, 0.4) is 0 Å². The number of ether oxygens (including phenoxy) is 2. The van der Waals surface area contributed by atoms with Crippen molar-refractivity contribution in [3.8, 4) is 11.8 Å². The average molecular weight is 331 g/mol. The Morgan fingerprint density at radius 1 is 1.21 bits per heavy atom. The van der Waals surface area contributed by atoms with Crippen molar-refractivity contribution in [1.82, 2.24) is 0 Å². The van der Waals surface area contributed by atoms with Gasteiger partial charge in [-0.1, -0.05) is 30.9 Å². The van der Waals surface area contributed by atoms with Gasteiger partial charge in [-0.15, -0.1) is 0 Å². The van der Waals surface area contributed by atoms with Crippen molar-refractivity contribution >= 4 is 11.9 Å². The van der Waals surface area contributed by atoms with Crippen LogP contribution in [-0.4, -0.2) is 32.2 Å². The normalized spacial score (nSPS) is 11.2. The van der Waals surface area contributed by atoms with E-state index in [2.05, 4.69) is 16.6 Å². The Kier molecular flexibility index (Phi) is 9.25. The standard InChI is InChI=1S/C19H25NO4/c1-15(5-11-18(20)21)14-24-13-3-4-16-6-8-17(9-7-16)10-12-19(22)23-2/h6-9,15H,5,10-14H2,1-2H3,(H2,20,21)/t15-/m0/s1. The third-order valence-electron chi connectivity index (χ3n) is 3.49. The molecule has 0 aliphatic rings. The molecule has 130 valence electrons. The molecule has 0 aromatic heterocycles. The van der Waals surface area contributed by atoms with E-state index in [0.29, 0.717) is 32.5 Å². The Labute approximate surface area is 143 Å². The molecule has 0 heterocycles. The predicted molar refractivity (Wildman–Crippen MR) is 92.1 cm³/mol. The molecule has 1 aromatic carbocycles. The van der Waals surface area contributed by atoms with E-state index in [0.717, 1.165) is 17.5 Å². The van der Waals surface area contributed by atoms with Crippen molar-refractivity contribution in [2.24, 2.45) is 11.7 Å². The number of rotatable bonds is 9. The van der Waals surface area contributed by atoms with Gasteiger partial charge in [0.05, 0.1) is 13.7 Å². The van der Waals surface area contributed by atoms with E-state index < -0.39 is 0 Å². The Bertz CT molecular complexity index is 584. The van der Waals surface area contributed by atoms with Crippen LogP contribution in [0.5, 0.6) is 0 Å². The van der Waals surface area contributed by atoms with Crippen LogP contribution < -0.4 is 5.73 Å². The minimum Gasteiger partial charge on any atom is -0.469 e. The summed E-state index contributed by atoms with van der Waals surface area (Å²) >= 11 is 0. The Balaban J connectivity index is 2.28. The number of methoxy groups -OCH3 is 1. The number of carbonyl (C=O) groups excluding carboxylic acids is 2. The van der Waals surface area contributed by atoms with Gasteiger partial charge < -0.3 is 15.2 Å². The van der Waals surface area contributed by atoms with Crippen LogP contribution in [0.25, 0.3) is 0 Å². The molecule has 0 fully saturated rings. The van der Waals surface area contributed by atoms with E-state index in [1.807, 2.05) is 31.2 Å². The summed E-state index contributed by atoms with van der Waals surface area (Å²) in [4.78, 5) is 21.8. The second kappa shape index (κ2) is 11.3. The van der Waals surface area contributed by atoms with Gasteiger partial charge >= 0.3 is 5.97 Å². The molecule has 5 nitrogen and oxygen atoms in total. The average Bonchev–Trinajstić information content (AvgIpc) is 2.58. The van der Waals surface area contributed by atoms with Gasteiger partial charge in [0.1, 0.15) is 6.61 Å². The first-order chi connectivity index (χ1) is 11.5. The molecule has 2 N–H and O–H groups in total. The van der Waals surface area contributed by atoms with E-state index >= 15 is 0 Å². The summed E-state index contributed by atoms with van der Waals surface area (Å²) in [6, 6.07) is 7.77. The highest BCUT2D eigenvalue weighted by atomic mass is 16.5. The van der Waals surface area contributed by atoms with Crippen LogP contribution in [0.15, 0.2) is 24.3 Å². The van der Waals surface area contributed by atoms with Crippen molar-refractivity contribution < 1.29 is 19.1 Å². The van der Waals surface area contributed by atoms with Gasteiger partial charge in [-0.2, -0.15) is 0 Å². The SMILES string of the molecule is COC(=O)CCc1ccc(C#CCOC[C@@H](C)CCC(N)=O)cc1. The molecule has 0 unspecified atom stereocenters. The first-order valence-corrected chi connectivity index (χ1v) is 8.02. The lowest BCUT2D eigenvalue weighted by Crippen LogP contribution is -2.14. The summed E-state index contributed by atoms with van der Waals surface area (Å²) < 4.78 is 10.1. The zero-order valence-electron chi connectivity index (χ0n) is 14.3. The van der Waals surface area contributed by atoms with Crippen LogP contribution >= 0.6 is 0 Å². The van der Waals surface area contributed by atoms with Crippen LogP contribution in [-0.2, 0) is 25.5 Å². The summed E-state index contributed by atoms with van der Waals surface area (Å²) in [6.45, 7) is 2.93. The third-order valence-corrected chi connectivity index (χ3v) is 3.49. The van der Waals surface area contributed by atoms with Gasteiger partial charge in [-0.25, -0.2) is 0 Å². The van der Waals surface area contributed by atoms with Gasteiger partial charge in [-0.3, -0.25) is 9.59 Å². The van der Waals surface area contributed by atoms with Crippen molar-refractivity contribution in [2.45, 2.75) is 32.6 Å². The zero-order valence-corrected chi connectivity index (χ0v) is 14.3. The largest absolute Gasteiger partial charge is 0.469 e. The molecule has 1 atom stereocenters. The molecular weight excluding hydrogens is 306 g/mol.